The zero-order valence-corrected chi connectivity index (χ0v) is 17.2. The van der Waals surface area contributed by atoms with E-state index in [1.807, 2.05) is 0 Å². The molecule has 3 heterocycles. The van der Waals surface area contributed by atoms with Gasteiger partial charge in [-0.3, -0.25) is 10.2 Å². The van der Waals surface area contributed by atoms with E-state index < -0.39 is 0 Å². The van der Waals surface area contributed by atoms with Gasteiger partial charge in [-0.2, -0.15) is 0 Å². The van der Waals surface area contributed by atoms with Crippen LogP contribution in [0.1, 0.15) is 46.5 Å². The van der Waals surface area contributed by atoms with Gasteiger partial charge in [-0.15, -0.1) is 6.58 Å². The first kappa shape index (κ1) is 18.9. The summed E-state index contributed by atoms with van der Waals surface area (Å²) in [5.41, 5.74) is 0. The lowest BCUT2D eigenvalue weighted by Crippen LogP contribution is -2.56. The van der Waals surface area contributed by atoms with Gasteiger partial charge < -0.3 is 10.1 Å². The number of likely N-dealkylation sites (tertiary alicyclic amines) is 1. The maximum Gasteiger partial charge on any atom is 0.128 e. The molecule has 0 aromatic rings. The van der Waals surface area contributed by atoms with Gasteiger partial charge in [-0.25, -0.2) is 0 Å². The van der Waals surface area contributed by atoms with Crippen LogP contribution in [0.3, 0.4) is 0 Å². The van der Waals surface area contributed by atoms with Gasteiger partial charge in [0, 0.05) is 25.2 Å². The van der Waals surface area contributed by atoms with Gasteiger partial charge in [0.25, 0.3) is 0 Å². The average Bonchev–Trinajstić information content (AvgIpc) is 3.10. The lowest BCUT2D eigenvalue weighted by Gasteiger charge is -2.40. The summed E-state index contributed by atoms with van der Waals surface area (Å²) >= 11 is 0. The monoisotopic (exact) mass is 361 g/mol. The van der Waals surface area contributed by atoms with Crippen molar-refractivity contribution in [1.82, 2.24) is 15.5 Å². The zero-order chi connectivity index (χ0) is 18.4. The summed E-state index contributed by atoms with van der Waals surface area (Å²) in [5.74, 6) is 4.74. The number of ether oxygens (including phenoxy) is 1. The minimum atomic E-state index is 0.157. The SMILES string of the molecule is C=CC1CNC(C2NC3CC(CC)CN(C)C3O2)C(C2C(CC)[C@H]2C)C1. The predicted molar refractivity (Wildman–Crippen MR) is 107 cm³/mol. The molecule has 9 unspecified atom stereocenters. The number of hydrogen-bond acceptors (Lipinski definition) is 4. The van der Waals surface area contributed by atoms with Crippen molar-refractivity contribution in [2.24, 2.45) is 35.5 Å². The smallest absolute Gasteiger partial charge is 0.128 e. The minimum Gasteiger partial charge on any atom is -0.342 e. The lowest BCUT2D eigenvalue weighted by molar-refractivity contribution is -0.0893. The molecule has 4 heteroatoms. The average molecular weight is 362 g/mol. The summed E-state index contributed by atoms with van der Waals surface area (Å²) in [6, 6.07) is 0.927. The molecule has 3 aliphatic heterocycles. The van der Waals surface area contributed by atoms with E-state index in [0.717, 1.165) is 30.2 Å². The van der Waals surface area contributed by atoms with Crippen LogP contribution in [0, 0.1) is 35.5 Å². The maximum atomic E-state index is 6.62. The van der Waals surface area contributed by atoms with E-state index in [9.17, 15) is 0 Å². The van der Waals surface area contributed by atoms with Crippen LogP contribution in [-0.4, -0.2) is 49.6 Å². The first-order valence-corrected chi connectivity index (χ1v) is 11.0. The zero-order valence-electron chi connectivity index (χ0n) is 17.2. The quantitative estimate of drug-likeness (QED) is 0.738. The summed E-state index contributed by atoms with van der Waals surface area (Å²) in [5, 5.41) is 7.77. The van der Waals surface area contributed by atoms with E-state index in [4.69, 9.17) is 4.74 Å². The standard InChI is InChI=1S/C22H39N3O/c1-6-14-9-17(19-13(4)16(19)8-3)20(23-11-14)21-24-18-10-15(7-2)12-25(5)22(18)26-21/h6,13-24H,1,7-12H2,2-5H3/t13-,14?,15?,16?,17?,18?,19?,20?,21?,22?/m1/s1. The van der Waals surface area contributed by atoms with Crippen LogP contribution in [0.5, 0.6) is 0 Å². The molecule has 0 aromatic carbocycles. The Morgan fingerprint density at radius 1 is 1.23 bits per heavy atom. The Bertz CT molecular complexity index is 512. The van der Waals surface area contributed by atoms with Crippen LogP contribution in [0.25, 0.3) is 0 Å². The maximum absolute atomic E-state index is 6.62. The molecule has 0 amide bonds. The second-order valence-electron chi connectivity index (χ2n) is 9.51. The molecule has 4 nitrogen and oxygen atoms in total. The van der Waals surface area contributed by atoms with E-state index >= 15 is 0 Å². The van der Waals surface area contributed by atoms with Crippen LogP contribution in [0.4, 0.5) is 0 Å². The molecule has 4 fully saturated rings. The molecule has 2 N–H and O–H groups in total. The molecule has 1 saturated carbocycles. The molecule has 148 valence electrons. The second-order valence-corrected chi connectivity index (χ2v) is 9.51. The highest BCUT2D eigenvalue weighted by Gasteiger charge is 2.55. The number of fused-ring (bicyclic) bond motifs is 1. The number of piperidine rings is 2. The van der Waals surface area contributed by atoms with Crippen molar-refractivity contribution in [3.05, 3.63) is 12.7 Å². The fraction of sp³-hybridized carbons (Fsp3) is 0.909. The van der Waals surface area contributed by atoms with Crippen molar-refractivity contribution in [2.75, 3.05) is 20.1 Å². The summed E-state index contributed by atoms with van der Waals surface area (Å²) in [7, 11) is 2.24. The lowest BCUT2D eigenvalue weighted by atomic mass is 9.79. The number of rotatable bonds is 5. The van der Waals surface area contributed by atoms with Crippen molar-refractivity contribution < 1.29 is 4.74 Å². The molecule has 0 spiro atoms. The number of nitrogens with one attached hydrogen (secondary N) is 2. The Hall–Kier alpha value is -0.420. The van der Waals surface area contributed by atoms with E-state index in [1.54, 1.807) is 0 Å². The summed E-state index contributed by atoms with van der Waals surface area (Å²) in [4.78, 5) is 2.44. The Morgan fingerprint density at radius 3 is 2.69 bits per heavy atom. The molecular formula is C22H39N3O. The van der Waals surface area contributed by atoms with Gasteiger partial charge in [0.15, 0.2) is 0 Å². The van der Waals surface area contributed by atoms with Crippen molar-refractivity contribution >= 4 is 0 Å². The Balaban J connectivity index is 1.48. The van der Waals surface area contributed by atoms with E-state index in [2.05, 4.69) is 56.0 Å². The molecule has 1 aliphatic carbocycles. The van der Waals surface area contributed by atoms with E-state index in [0.29, 0.717) is 23.9 Å². The van der Waals surface area contributed by atoms with Gasteiger partial charge in [-0.05, 0) is 55.4 Å². The molecule has 0 bridgehead atoms. The highest BCUT2D eigenvalue weighted by Crippen LogP contribution is 2.56. The highest BCUT2D eigenvalue weighted by atomic mass is 16.5. The normalized spacial score (nSPS) is 51.8. The Labute approximate surface area is 160 Å². The molecular weight excluding hydrogens is 322 g/mol. The van der Waals surface area contributed by atoms with E-state index in [-0.39, 0.29) is 12.5 Å². The molecule has 0 radical (unpaired) electrons. The van der Waals surface area contributed by atoms with Gasteiger partial charge in [-0.1, -0.05) is 39.7 Å². The molecule has 10 atom stereocenters. The molecule has 4 aliphatic rings. The van der Waals surface area contributed by atoms with Crippen molar-refractivity contribution in [3.63, 3.8) is 0 Å². The fourth-order valence-electron chi connectivity index (χ4n) is 6.46. The van der Waals surface area contributed by atoms with Crippen molar-refractivity contribution in [3.8, 4) is 0 Å². The van der Waals surface area contributed by atoms with Gasteiger partial charge >= 0.3 is 0 Å². The molecule has 4 rings (SSSR count). The Kier molecular flexibility index (Phi) is 5.49. The molecule has 0 aromatic heterocycles. The number of nitrogens with zero attached hydrogens (tertiary/aromatic N) is 1. The predicted octanol–water partition coefficient (Wildman–Crippen LogP) is 3.06. The topological polar surface area (TPSA) is 36.5 Å². The van der Waals surface area contributed by atoms with Crippen LogP contribution >= 0.6 is 0 Å². The molecule has 26 heavy (non-hydrogen) atoms. The van der Waals surface area contributed by atoms with E-state index in [1.165, 1.54) is 32.2 Å². The van der Waals surface area contributed by atoms with Crippen LogP contribution < -0.4 is 10.6 Å². The number of likely N-dealkylation sites (N-methyl/N-ethyl adjacent to an activating group) is 1. The second kappa shape index (κ2) is 7.54. The summed E-state index contributed by atoms with van der Waals surface area (Å²) in [6.07, 6.45) is 7.68. The minimum absolute atomic E-state index is 0.157. The third kappa shape index (κ3) is 3.28. The van der Waals surface area contributed by atoms with Crippen LogP contribution in [-0.2, 0) is 4.74 Å². The third-order valence-electron chi connectivity index (χ3n) is 8.07. The summed E-state index contributed by atoms with van der Waals surface area (Å²) < 4.78 is 6.62. The van der Waals surface area contributed by atoms with Crippen LogP contribution in [0.15, 0.2) is 12.7 Å². The fourth-order valence-corrected chi connectivity index (χ4v) is 6.46. The Morgan fingerprint density at radius 2 is 2.04 bits per heavy atom. The highest BCUT2D eigenvalue weighted by molar-refractivity contribution is 5.07. The third-order valence-corrected chi connectivity index (χ3v) is 8.07. The van der Waals surface area contributed by atoms with Crippen molar-refractivity contribution in [2.45, 2.75) is 71.0 Å². The largest absolute Gasteiger partial charge is 0.342 e. The van der Waals surface area contributed by atoms with Gasteiger partial charge in [0.1, 0.15) is 12.5 Å². The summed E-state index contributed by atoms with van der Waals surface area (Å²) in [6.45, 7) is 13.4. The number of hydrogen-bond donors (Lipinski definition) is 2. The van der Waals surface area contributed by atoms with Crippen molar-refractivity contribution in [1.29, 1.82) is 0 Å². The van der Waals surface area contributed by atoms with Crippen LogP contribution in [0.2, 0.25) is 0 Å². The first-order valence-electron chi connectivity index (χ1n) is 11.0. The first-order chi connectivity index (χ1) is 12.6. The van der Waals surface area contributed by atoms with Gasteiger partial charge in [0.05, 0.1) is 0 Å². The molecule has 3 saturated heterocycles. The van der Waals surface area contributed by atoms with Gasteiger partial charge in [0.2, 0.25) is 0 Å².